The highest BCUT2D eigenvalue weighted by Gasteiger charge is 2.25. The number of carbonyl (C=O) groups is 1. The summed E-state index contributed by atoms with van der Waals surface area (Å²) in [6.07, 6.45) is -0.877. The van der Waals surface area contributed by atoms with Crippen LogP contribution in [0.5, 0.6) is 5.75 Å². The summed E-state index contributed by atoms with van der Waals surface area (Å²) in [7, 11) is 1.54. The number of amides is 1. The number of aromatic nitrogens is 1. The molecule has 30 heavy (non-hydrogen) atoms. The molecule has 0 saturated carbocycles. The Labute approximate surface area is 179 Å². The molecule has 0 aliphatic carbocycles. The molecule has 1 amide bonds. The third kappa shape index (κ3) is 3.67. The molecule has 2 aromatic heterocycles. The van der Waals surface area contributed by atoms with Crippen molar-refractivity contribution in [3.63, 3.8) is 0 Å². The first-order valence-corrected chi connectivity index (χ1v) is 10.4. The van der Waals surface area contributed by atoms with Crippen molar-refractivity contribution < 1.29 is 14.6 Å². The number of thiophene rings is 1. The second-order valence-electron chi connectivity index (χ2n) is 7.07. The first-order valence-electron chi connectivity index (χ1n) is 9.57. The Hall–Kier alpha value is -3.22. The Kier molecular flexibility index (Phi) is 5.53. The van der Waals surface area contributed by atoms with Crippen molar-refractivity contribution in [2.75, 3.05) is 12.4 Å². The molecule has 0 fully saturated rings. The molecule has 5 nitrogen and oxygen atoms in total. The SMILES string of the molecule is COc1ccccc1C(=O)Nc1c([C@H](O)c2ccccc2)sc2nc(C)cc(C)c12. The highest BCUT2D eigenvalue weighted by molar-refractivity contribution is 7.19. The summed E-state index contributed by atoms with van der Waals surface area (Å²) >= 11 is 1.40. The number of hydrogen-bond donors (Lipinski definition) is 2. The highest BCUT2D eigenvalue weighted by Crippen LogP contribution is 2.42. The molecular weight excluding hydrogens is 396 g/mol. The monoisotopic (exact) mass is 418 g/mol. The van der Waals surface area contributed by atoms with Crippen LogP contribution in [-0.2, 0) is 0 Å². The zero-order valence-electron chi connectivity index (χ0n) is 17.0. The molecule has 4 aromatic rings. The molecule has 0 saturated heterocycles. The Balaban J connectivity index is 1.85. The van der Waals surface area contributed by atoms with Gasteiger partial charge in [0.2, 0.25) is 0 Å². The smallest absolute Gasteiger partial charge is 0.259 e. The van der Waals surface area contributed by atoms with E-state index in [0.717, 1.165) is 27.0 Å². The highest BCUT2D eigenvalue weighted by atomic mass is 32.1. The van der Waals surface area contributed by atoms with E-state index in [1.165, 1.54) is 18.4 Å². The van der Waals surface area contributed by atoms with Crippen molar-refractivity contribution in [2.45, 2.75) is 20.0 Å². The average molecular weight is 419 g/mol. The number of nitrogens with zero attached hydrogens (tertiary/aromatic N) is 1. The summed E-state index contributed by atoms with van der Waals surface area (Å²) in [5.41, 5.74) is 3.66. The number of fused-ring (bicyclic) bond motifs is 1. The molecule has 0 unspecified atom stereocenters. The van der Waals surface area contributed by atoms with Crippen LogP contribution in [0, 0.1) is 13.8 Å². The molecule has 6 heteroatoms. The van der Waals surface area contributed by atoms with E-state index < -0.39 is 6.10 Å². The van der Waals surface area contributed by atoms with Gasteiger partial charge >= 0.3 is 0 Å². The maximum atomic E-state index is 13.1. The van der Waals surface area contributed by atoms with Crippen molar-refractivity contribution in [2.24, 2.45) is 0 Å². The van der Waals surface area contributed by atoms with Gasteiger partial charge in [0.05, 0.1) is 23.2 Å². The van der Waals surface area contributed by atoms with E-state index in [4.69, 9.17) is 4.74 Å². The van der Waals surface area contributed by atoms with Crippen LogP contribution in [0.25, 0.3) is 10.2 Å². The number of nitrogens with one attached hydrogen (secondary N) is 1. The predicted molar refractivity (Wildman–Crippen MR) is 121 cm³/mol. The fraction of sp³-hybridized carbons (Fsp3) is 0.167. The number of hydrogen-bond acceptors (Lipinski definition) is 5. The molecule has 4 rings (SSSR count). The van der Waals surface area contributed by atoms with Crippen molar-refractivity contribution in [1.82, 2.24) is 4.98 Å². The van der Waals surface area contributed by atoms with E-state index in [-0.39, 0.29) is 5.91 Å². The largest absolute Gasteiger partial charge is 0.496 e. The van der Waals surface area contributed by atoms with Crippen molar-refractivity contribution in [3.05, 3.63) is 87.9 Å². The fourth-order valence-corrected chi connectivity index (χ4v) is 4.84. The van der Waals surface area contributed by atoms with Crippen molar-refractivity contribution >= 4 is 33.1 Å². The summed E-state index contributed by atoms with van der Waals surface area (Å²) in [5, 5.41) is 15.0. The maximum absolute atomic E-state index is 13.1. The number of methoxy groups -OCH3 is 1. The van der Waals surface area contributed by atoms with Gasteiger partial charge < -0.3 is 15.2 Å². The maximum Gasteiger partial charge on any atom is 0.259 e. The summed E-state index contributed by atoms with van der Waals surface area (Å²) in [4.78, 5) is 19.2. The number of benzene rings is 2. The van der Waals surface area contributed by atoms with Crippen LogP contribution in [0.4, 0.5) is 5.69 Å². The molecule has 152 valence electrons. The number of aliphatic hydroxyl groups is 1. The summed E-state index contributed by atoms with van der Waals surface area (Å²) < 4.78 is 5.34. The third-order valence-electron chi connectivity index (χ3n) is 4.97. The Morgan fingerprint density at radius 1 is 1.10 bits per heavy atom. The van der Waals surface area contributed by atoms with Crippen LogP contribution in [0.15, 0.2) is 60.7 Å². The van der Waals surface area contributed by atoms with Gasteiger partial charge in [-0.1, -0.05) is 42.5 Å². The zero-order valence-corrected chi connectivity index (χ0v) is 17.8. The van der Waals surface area contributed by atoms with Gasteiger partial charge in [0.1, 0.15) is 16.7 Å². The number of rotatable bonds is 5. The number of aliphatic hydroxyl groups excluding tert-OH is 1. The predicted octanol–water partition coefficient (Wildman–Crippen LogP) is 5.26. The van der Waals surface area contributed by atoms with E-state index in [2.05, 4.69) is 10.3 Å². The minimum atomic E-state index is -0.877. The summed E-state index contributed by atoms with van der Waals surface area (Å²) in [6.45, 7) is 3.92. The quantitative estimate of drug-likeness (QED) is 0.464. The number of ether oxygens (including phenoxy) is 1. The fourth-order valence-electron chi connectivity index (χ4n) is 3.58. The molecule has 1 atom stereocenters. The van der Waals surface area contributed by atoms with Gasteiger partial charge in [-0.2, -0.15) is 0 Å². The van der Waals surface area contributed by atoms with E-state index in [1.54, 1.807) is 18.2 Å². The van der Waals surface area contributed by atoms with Gasteiger partial charge in [0, 0.05) is 11.1 Å². The second-order valence-corrected chi connectivity index (χ2v) is 8.10. The first-order chi connectivity index (χ1) is 14.5. The van der Waals surface area contributed by atoms with Crippen molar-refractivity contribution in [3.8, 4) is 5.75 Å². The van der Waals surface area contributed by atoms with E-state index in [9.17, 15) is 9.90 Å². The van der Waals surface area contributed by atoms with Gasteiger partial charge in [-0.25, -0.2) is 4.98 Å². The van der Waals surface area contributed by atoms with Crippen LogP contribution < -0.4 is 10.1 Å². The zero-order chi connectivity index (χ0) is 21.3. The number of para-hydroxylation sites is 1. The van der Waals surface area contributed by atoms with Crippen molar-refractivity contribution in [1.29, 1.82) is 0 Å². The number of pyridine rings is 1. The van der Waals surface area contributed by atoms with Gasteiger partial charge in [-0.3, -0.25) is 4.79 Å². The molecule has 0 radical (unpaired) electrons. The van der Waals surface area contributed by atoms with Crippen LogP contribution in [0.1, 0.15) is 38.2 Å². The molecule has 2 N–H and O–H groups in total. The number of carbonyl (C=O) groups excluding carboxylic acids is 1. The van der Waals surface area contributed by atoms with Gasteiger partial charge in [-0.15, -0.1) is 11.3 Å². The van der Waals surface area contributed by atoms with E-state index in [1.807, 2.05) is 56.3 Å². The second kappa shape index (κ2) is 8.26. The molecule has 2 aromatic carbocycles. The van der Waals surface area contributed by atoms with Gasteiger partial charge in [-0.05, 0) is 43.2 Å². The minimum absolute atomic E-state index is 0.298. The molecular formula is C24H22N2O3S. The number of aryl methyl sites for hydroxylation is 2. The van der Waals surface area contributed by atoms with Crippen LogP contribution in [0.3, 0.4) is 0 Å². The van der Waals surface area contributed by atoms with Gasteiger partial charge in [0.15, 0.2) is 0 Å². The lowest BCUT2D eigenvalue weighted by molar-refractivity contribution is 0.102. The van der Waals surface area contributed by atoms with E-state index >= 15 is 0 Å². The summed E-state index contributed by atoms with van der Waals surface area (Å²) in [5.74, 6) is 0.194. The number of anilines is 1. The lowest BCUT2D eigenvalue weighted by Crippen LogP contribution is -2.15. The third-order valence-corrected chi connectivity index (χ3v) is 6.10. The molecule has 0 aliphatic rings. The van der Waals surface area contributed by atoms with Crippen LogP contribution in [0.2, 0.25) is 0 Å². The standard InChI is InChI=1S/C24H22N2O3S/c1-14-13-15(2)25-24-19(14)20(22(30-24)21(27)16-9-5-4-6-10-16)26-23(28)17-11-7-8-12-18(17)29-3/h4-13,21,27H,1-3H3,(H,26,28)/t21-/m1/s1. The Morgan fingerprint density at radius 3 is 2.53 bits per heavy atom. The van der Waals surface area contributed by atoms with E-state index in [0.29, 0.717) is 21.9 Å². The van der Waals surface area contributed by atoms with Crippen LogP contribution >= 0.6 is 11.3 Å². The lowest BCUT2D eigenvalue weighted by atomic mass is 10.0. The molecule has 0 bridgehead atoms. The molecule has 2 heterocycles. The molecule has 0 spiro atoms. The Bertz CT molecular complexity index is 1220. The average Bonchev–Trinajstić information content (AvgIpc) is 3.11. The first kappa shape index (κ1) is 20.1. The Morgan fingerprint density at radius 2 is 1.80 bits per heavy atom. The van der Waals surface area contributed by atoms with Gasteiger partial charge in [0.25, 0.3) is 5.91 Å². The topological polar surface area (TPSA) is 71.5 Å². The minimum Gasteiger partial charge on any atom is -0.496 e. The molecule has 0 aliphatic heterocycles. The lowest BCUT2D eigenvalue weighted by Gasteiger charge is -2.14. The summed E-state index contributed by atoms with van der Waals surface area (Å²) in [6, 6.07) is 18.4. The normalized spacial score (nSPS) is 12.0. The van der Waals surface area contributed by atoms with Crippen LogP contribution in [-0.4, -0.2) is 23.1 Å².